The Kier molecular flexibility index (Phi) is 2.31. The van der Waals surface area contributed by atoms with Gasteiger partial charge in [0.1, 0.15) is 0 Å². The number of aryl methyl sites for hydroxylation is 1. The average Bonchev–Trinajstić information content (AvgIpc) is 2.94. The van der Waals surface area contributed by atoms with Crippen molar-refractivity contribution >= 4 is 5.90 Å². The summed E-state index contributed by atoms with van der Waals surface area (Å²) < 4.78 is 19.3. The highest BCUT2D eigenvalue weighted by Gasteiger charge is 2.54. The van der Waals surface area contributed by atoms with Gasteiger partial charge in [0.05, 0.1) is 0 Å². The summed E-state index contributed by atoms with van der Waals surface area (Å²) in [4.78, 5) is 0. The maximum atomic E-state index is 13.8. The normalized spacial score (nSPS) is 24.8. The third-order valence-electron chi connectivity index (χ3n) is 3.32. The second kappa shape index (κ2) is 3.72. The minimum absolute atomic E-state index is 0.488. The highest BCUT2D eigenvalue weighted by Crippen LogP contribution is 2.44. The Morgan fingerprint density at radius 1 is 1.41 bits per heavy atom. The molecule has 1 saturated carbocycles. The predicted molar refractivity (Wildman–Crippen MR) is 63.4 cm³/mol. The van der Waals surface area contributed by atoms with E-state index in [1.807, 2.05) is 24.3 Å². The number of hydrogen-bond acceptors (Lipinski definition) is 3. The third kappa shape index (κ3) is 1.88. The molecule has 0 aromatic heterocycles. The summed E-state index contributed by atoms with van der Waals surface area (Å²) in [6, 6.07) is 7.99. The molecule has 0 amide bonds. The lowest BCUT2D eigenvalue weighted by Crippen LogP contribution is -2.34. The van der Waals surface area contributed by atoms with Crippen LogP contribution in [0.3, 0.4) is 0 Å². The summed E-state index contributed by atoms with van der Waals surface area (Å²) >= 11 is 0. The van der Waals surface area contributed by atoms with Crippen molar-refractivity contribution in [2.24, 2.45) is 5.10 Å². The van der Waals surface area contributed by atoms with E-state index in [-0.39, 0.29) is 0 Å². The summed E-state index contributed by atoms with van der Waals surface area (Å²) in [7, 11) is 0. The first-order valence-electron chi connectivity index (χ1n) is 5.99. The molecule has 17 heavy (non-hydrogen) atoms. The summed E-state index contributed by atoms with van der Waals surface area (Å²) in [5, 5.41) is 4.05. The fourth-order valence-electron chi connectivity index (χ4n) is 1.90. The molecule has 3 nitrogen and oxygen atoms in total. The highest BCUT2D eigenvalue weighted by atomic mass is 19.1. The van der Waals surface area contributed by atoms with Crippen LogP contribution < -0.4 is 5.43 Å². The highest BCUT2D eigenvalue weighted by molar-refractivity contribution is 5.94. The summed E-state index contributed by atoms with van der Waals surface area (Å²) in [5.74, 6) is 0.488. The number of halogens is 1. The van der Waals surface area contributed by atoms with Gasteiger partial charge in [-0.25, -0.2) is 4.39 Å². The van der Waals surface area contributed by atoms with Gasteiger partial charge in [-0.1, -0.05) is 19.1 Å². The number of benzene rings is 1. The fraction of sp³-hybridized carbons (Fsp3) is 0.462. The lowest BCUT2D eigenvalue weighted by atomic mass is 10.1. The number of alkyl halides is 1. The smallest absolute Gasteiger partial charge is 0.240 e. The van der Waals surface area contributed by atoms with E-state index >= 15 is 0 Å². The zero-order valence-electron chi connectivity index (χ0n) is 9.74. The molecule has 0 radical (unpaired) electrons. The van der Waals surface area contributed by atoms with Crippen LogP contribution in [0.25, 0.3) is 0 Å². The Labute approximate surface area is 99.7 Å². The van der Waals surface area contributed by atoms with Crippen molar-refractivity contribution < 1.29 is 9.13 Å². The third-order valence-corrected chi connectivity index (χ3v) is 3.32. The fourth-order valence-corrected chi connectivity index (χ4v) is 1.90. The molecule has 1 aromatic rings. The van der Waals surface area contributed by atoms with Crippen LogP contribution in [0.4, 0.5) is 4.39 Å². The van der Waals surface area contributed by atoms with Crippen LogP contribution in [-0.4, -0.2) is 17.8 Å². The Morgan fingerprint density at radius 2 is 2.12 bits per heavy atom. The molecule has 0 bridgehead atoms. The quantitative estimate of drug-likeness (QED) is 0.871. The Bertz CT molecular complexity index is 451. The number of hydrogen-bond donors (Lipinski definition) is 1. The van der Waals surface area contributed by atoms with E-state index in [1.165, 1.54) is 5.56 Å². The van der Waals surface area contributed by atoms with E-state index in [9.17, 15) is 4.39 Å². The molecule has 2 aliphatic rings. The Balaban J connectivity index is 1.72. The van der Waals surface area contributed by atoms with E-state index in [1.54, 1.807) is 0 Å². The lowest BCUT2D eigenvalue weighted by molar-refractivity contribution is 0.0685. The van der Waals surface area contributed by atoms with Gasteiger partial charge in [0.2, 0.25) is 12.1 Å². The molecule has 1 aliphatic carbocycles. The average molecular weight is 234 g/mol. The van der Waals surface area contributed by atoms with Crippen LogP contribution in [-0.2, 0) is 11.2 Å². The molecule has 1 N–H and O–H groups in total. The van der Waals surface area contributed by atoms with Crippen LogP contribution in [0.2, 0.25) is 0 Å². The Morgan fingerprint density at radius 3 is 2.71 bits per heavy atom. The Hall–Kier alpha value is -1.58. The van der Waals surface area contributed by atoms with Crippen molar-refractivity contribution in [1.29, 1.82) is 0 Å². The summed E-state index contributed by atoms with van der Waals surface area (Å²) in [6.07, 6.45) is 1.51. The maximum Gasteiger partial charge on any atom is 0.240 e. The lowest BCUT2D eigenvalue weighted by Gasteiger charge is -2.14. The number of rotatable bonds is 3. The van der Waals surface area contributed by atoms with Gasteiger partial charge in [-0.2, -0.15) is 0 Å². The van der Waals surface area contributed by atoms with Gasteiger partial charge in [0, 0.05) is 5.56 Å². The molecule has 1 aliphatic heterocycles. The zero-order valence-corrected chi connectivity index (χ0v) is 9.74. The van der Waals surface area contributed by atoms with Gasteiger partial charge in [0.15, 0.2) is 5.67 Å². The molecule has 1 atom stereocenters. The second-order valence-corrected chi connectivity index (χ2v) is 4.63. The van der Waals surface area contributed by atoms with Crippen molar-refractivity contribution in [3.8, 4) is 0 Å². The molecule has 1 fully saturated rings. The van der Waals surface area contributed by atoms with Crippen molar-refractivity contribution in [1.82, 2.24) is 5.43 Å². The van der Waals surface area contributed by atoms with E-state index in [2.05, 4.69) is 17.5 Å². The van der Waals surface area contributed by atoms with E-state index in [4.69, 9.17) is 4.74 Å². The molecule has 0 saturated heterocycles. The van der Waals surface area contributed by atoms with Crippen molar-refractivity contribution in [3.63, 3.8) is 0 Å². The van der Waals surface area contributed by atoms with E-state index in [0.717, 1.165) is 12.0 Å². The van der Waals surface area contributed by atoms with Gasteiger partial charge >= 0.3 is 0 Å². The van der Waals surface area contributed by atoms with Crippen LogP contribution in [0.15, 0.2) is 29.4 Å². The summed E-state index contributed by atoms with van der Waals surface area (Å²) in [5.41, 5.74) is 3.67. The van der Waals surface area contributed by atoms with Crippen molar-refractivity contribution in [2.45, 2.75) is 38.1 Å². The minimum Gasteiger partial charge on any atom is -0.447 e. The first kappa shape index (κ1) is 10.6. The molecule has 1 aromatic carbocycles. The second-order valence-electron chi connectivity index (χ2n) is 4.63. The van der Waals surface area contributed by atoms with Crippen molar-refractivity contribution in [3.05, 3.63) is 35.4 Å². The first-order valence-corrected chi connectivity index (χ1v) is 5.99. The predicted octanol–water partition coefficient (Wildman–Crippen LogP) is 2.36. The standard InChI is InChI=1S/C13H15FN2O/c1-2-9-3-5-10(6-4-9)11-15-16-12(17-11)13(14)7-8-13/h3-6,12,16H,2,7-8H2,1H3. The van der Waals surface area contributed by atoms with Crippen LogP contribution >= 0.6 is 0 Å². The van der Waals surface area contributed by atoms with Crippen LogP contribution in [0.1, 0.15) is 30.9 Å². The molecule has 0 spiro atoms. The maximum absolute atomic E-state index is 13.8. The first-order chi connectivity index (χ1) is 8.21. The molecule has 1 unspecified atom stereocenters. The molecule has 4 heteroatoms. The van der Waals surface area contributed by atoms with Crippen LogP contribution in [0.5, 0.6) is 0 Å². The van der Waals surface area contributed by atoms with Crippen LogP contribution in [0, 0.1) is 0 Å². The van der Waals surface area contributed by atoms with Gasteiger partial charge < -0.3 is 4.74 Å². The zero-order chi connectivity index (χ0) is 11.9. The number of nitrogens with zero attached hydrogens (tertiary/aromatic N) is 1. The molecular formula is C13H15FN2O. The molecule has 1 heterocycles. The van der Waals surface area contributed by atoms with Gasteiger partial charge in [-0.05, 0) is 37.0 Å². The monoisotopic (exact) mass is 234 g/mol. The topological polar surface area (TPSA) is 33.6 Å². The number of nitrogens with one attached hydrogen (secondary N) is 1. The number of ether oxygens (including phenoxy) is 1. The van der Waals surface area contributed by atoms with E-state index < -0.39 is 11.9 Å². The SMILES string of the molecule is CCc1ccc(C2=NNC(C3(F)CC3)O2)cc1. The van der Waals surface area contributed by atoms with Crippen molar-refractivity contribution in [2.75, 3.05) is 0 Å². The molecule has 90 valence electrons. The van der Waals surface area contributed by atoms with E-state index in [0.29, 0.717) is 18.7 Å². The van der Waals surface area contributed by atoms with Gasteiger partial charge in [-0.3, -0.25) is 5.43 Å². The molecule has 3 rings (SSSR count). The van der Waals surface area contributed by atoms with Gasteiger partial charge in [-0.15, -0.1) is 5.10 Å². The minimum atomic E-state index is -1.21. The summed E-state index contributed by atoms with van der Waals surface area (Å²) in [6.45, 7) is 2.11. The largest absolute Gasteiger partial charge is 0.447 e. The number of hydrazone groups is 1. The molecular weight excluding hydrogens is 219 g/mol. The van der Waals surface area contributed by atoms with Gasteiger partial charge in [0.25, 0.3) is 0 Å².